The van der Waals surface area contributed by atoms with Crippen molar-refractivity contribution < 1.29 is 33.8 Å². The molecule has 6 rings (SSSR count). The lowest BCUT2D eigenvalue weighted by Crippen LogP contribution is -2.70. The lowest BCUT2D eigenvalue weighted by Gasteiger charge is -2.61. The van der Waals surface area contributed by atoms with Crippen molar-refractivity contribution in [3.8, 4) is 12.3 Å². The van der Waals surface area contributed by atoms with Crippen molar-refractivity contribution in [3.63, 3.8) is 0 Å². The van der Waals surface area contributed by atoms with Gasteiger partial charge in [0.15, 0.2) is 5.78 Å². The molecule has 1 saturated heterocycles. The van der Waals surface area contributed by atoms with Gasteiger partial charge in [-0.25, -0.2) is 0 Å². The van der Waals surface area contributed by atoms with E-state index in [9.17, 15) is 24.3 Å². The molecule has 13 heteroatoms. The number of nitrogens with one attached hydrogen (secondary N) is 1. The number of fused-ring (bicyclic) bond motifs is 6. The van der Waals surface area contributed by atoms with Crippen molar-refractivity contribution in [2.24, 2.45) is 57.4 Å². The topological polar surface area (TPSA) is 171 Å². The van der Waals surface area contributed by atoms with E-state index < -0.39 is 17.9 Å². The summed E-state index contributed by atoms with van der Waals surface area (Å²) in [5.74, 6) is 5.48. The lowest BCUT2D eigenvalue weighted by atomic mass is 9.44. The number of rotatable bonds is 17. The number of Topliss-reactive ketones (excluding diaryl/α,β-unsaturated/α-hetero) is 1. The van der Waals surface area contributed by atoms with Crippen LogP contribution in [0.4, 0.5) is 0 Å². The maximum Gasteiger partial charge on any atom is 0.306 e. The molecule has 4 aliphatic carbocycles. The Morgan fingerprint density at radius 1 is 1.09 bits per heavy atom. The van der Waals surface area contributed by atoms with Crippen LogP contribution >= 0.6 is 11.8 Å². The second-order valence-corrected chi connectivity index (χ2v) is 19.4. The average Bonchev–Trinajstić information content (AvgIpc) is 3.53. The Balaban J connectivity index is 0.970. The van der Waals surface area contributed by atoms with Crippen molar-refractivity contribution in [2.45, 2.75) is 135 Å². The molecule has 5 fully saturated rings. The Kier molecular flexibility index (Phi) is 13.9. The van der Waals surface area contributed by atoms with E-state index in [0.29, 0.717) is 46.5 Å². The molecular weight excluding hydrogens is 731 g/mol. The first kappa shape index (κ1) is 42.6. The first-order valence-corrected chi connectivity index (χ1v) is 22.2. The van der Waals surface area contributed by atoms with E-state index in [2.05, 4.69) is 42.0 Å². The number of hydrogen-bond acceptors (Lipinski definition) is 9. The first-order valence-electron chi connectivity index (χ1n) is 21.1. The van der Waals surface area contributed by atoms with Gasteiger partial charge >= 0.3 is 5.97 Å². The fourth-order valence-corrected chi connectivity index (χ4v) is 13.7. The molecule has 2 N–H and O–H groups in total. The molecule has 308 valence electrons. The highest BCUT2D eigenvalue weighted by atomic mass is 32.2. The van der Waals surface area contributed by atoms with E-state index in [0.717, 1.165) is 42.6 Å². The van der Waals surface area contributed by atoms with E-state index in [1.807, 2.05) is 6.92 Å². The fourth-order valence-electron chi connectivity index (χ4n) is 12.4. The molecule has 12 unspecified atom stereocenters. The summed E-state index contributed by atoms with van der Waals surface area (Å²) in [6.07, 6.45) is 17.5. The Bertz CT molecular complexity index is 1620. The number of carbonyl (C=O) groups excluding carboxylic acids is 4. The number of carbonyl (C=O) groups is 4. The van der Waals surface area contributed by atoms with Crippen LogP contribution in [0.3, 0.4) is 0 Å². The summed E-state index contributed by atoms with van der Waals surface area (Å²) < 4.78 is 10.5. The largest absolute Gasteiger partial charge is 0.463 e. The van der Waals surface area contributed by atoms with Gasteiger partial charge in [-0.1, -0.05) is 25.9 Å². The van der Waals surface area contributed by atoms with Gasteiger partial charge in [-0.15, -0.1) is 24.1 Å². The van der Waals surface area contributed by atoms with E-state index >= 15 is 0 Å². The number of thioether (sulfide) groups is 1. The molecule has 2 amide bonds. The number of ketones is 1. The maximum atomic E-state index is 13.7. The van der Waals surface area contributed by atoms with Gasteiger partial charge in [-0.2, -0.15) is 0 Å². The molecular formula is C43H63N5O7S. The number of esters is 1. The third-order valence-corrected chi connectivity index (χ3v) is 16.6. The van der Waals surface area contributed by atoms with Crippen molar-refractivity contribution in [3.05, 3.63) is 21.7 Å². The number of aliphatic hydroxyl groups excluding tert-OH is 1. The van der Waals surface area contributed by atoms with Gasteiger partial charge < -0.3 is 19.9 Å². The Morgan fingerprint density at radius 2 is 1.86 bits per heavy atom. The zero-order chi connectivity index (χ0) is 40.2. The number of nitrogens with zero attached hydrogens (tertiary/aromatic N) is 4. The zero-order valence-electron chi connectivity index (χ0n) is 33.9. The highest BCUT2D eigenvalue weighted by Gasteiger charge is 2.60. The van der Waals surface area contributed by atoms with Crippen LogP contribution in [0.15, 0.2) is 16.4 Å². The van der Waals surface area contributed by atoms with Gasteiger partial charge in [0, 0.05) is 42.9 Å². The smallest absolute Gasteiger partial charge is 0.306 e. The van der Waals surface area contributed by atoms with Crippen LogP contribution in [-0.4, -0.2) is 83.2 Å². The van der Waals surface area contributed by atoms with E-state index in [1.165, 1.54) is 49.8 Å². The fraction of sp³-hybridized carbons (Fsp3) is 0.814. The summed E-state index contributed by atoms with van der Waals surface area (Å²) >= 11 is 1.55. The number of allylic oxidation sites excluding steroid dienone is 1. The molecule has 0 bridgehead atoms. The molecule has 6 aliphatic rings. The predicted molar refractivity (Wildman–Crippen MR) is 214 cm³/mol. The van der Waals surface area contributed by atoms with E-state index in [4.69, 9.17) is 21.4 Å². The molecule has 12 nitrogen and oxygen atoms in total. The molecule has 0 aromatic carbocycles. The first-order chi connectivity index (χ1) is 26.8. The molecule has 2 aliphatic heterocycles. The molecule has 2 heterocycles. The minimum atomic E-state index is -0.676. The van der Waals surface area contributed by atoms with Crippen LogP contribution in [0.5, 0.6) is 0 Å². The Morgan fingerprint density at radius 3 is 2.62 bits per heavy atom. The van der Waals surface area contributed by atoms with Crippen molar-refractivity contribution in [1.82, 2.24) is 10.2 Å². The van der Waals surface area contributed by atoms with Gasteiger partial charge in [-0.3, -0.25) is 24.1 Å². The lowest BCUT2D eigenvalue weighted by molar-refractivity contribution is -0.148. The van der Waals surface area contributed by atoms with Crippen LogP contribution in [0.1, 0.15) is 118 Å². The highest BCUT2D eigenvalue weighted by Crippen LogP contribution is 2.68. The summed E-state index contributed by atoms with van der Waals surface area (Å²) in [5, 5.41) is 16.5. The number of β-lactam (4-membered cyclic amide) rings is 1. The third kappa shape index (κ3) is 8.69. The van der Waals surface area contributed by atoms with Crippen LogP contribution in [0.25, 0.3) is 10.4 Å². The van der Waals surface area contributed by atoms with Crippen LogP contribution in [-0.2, 0) is 28.7 Å². The molecule has 0 aromatic rings. The molecule has 0 aromatic heterocycles. The van der Waals surface area contributed by atoms with Gasteiger partial charge in [0.2, 0.25) is 5.91 Å². The number of aliphatic hydroxyl groups is 1. The number of terminal acetylenes is 1. The van der Waals surface area contributed by atoms with E-state index in [-0.39, 0.29) is 74.7 Å². The summed E-state index contributed by atoms with van der Waals surface area (Å²) in [5.41, 5.74) is 10.1. The Hall–Kier alpha value is -3.04. The predicted octanol–water partition coefficient (Wildman–Crippen LogP) is 6.96. The molecule has 56 heavy (non-hydrogen) atoms. The summed E-state index contributed by atoms with van der Waals surface area (Å²) in [6.45, 7) is 9.85. The van der Waals surface area contributed by atoms with Gasteiger partial charge in [0.1, 0.15) is 18.0 Å². The van der Waals surface area contributed by atoms with E-state index in [1.54, 1.807) is 11.8 Å². The number of ether oxygens (including phenoxy) is 2. The molecule has 4 saturated carbocycles. The Labute approximate surface area is 337 Å². The van der Waals surface area contributed by atoms with Crippen molar-refractivity contribution >= 4 is 35.3 Å². The van der Waals surface area contributed by atoms with Crippen molar-refractivity contribution in [2.75, 3.05) is 32.1 Å². The number of hydrogen-bond donors (Lipinski definition) is 2. The molecule has 0 radical (unpaired) electrons. The molecule has 12 atom stereocenters. The van der Waals surface area contributed by atoms with Gasteiger partial charge in [0.25, 0.3) is 5.91 Å². The second-order valence-electron chi connectivity index (χ2n) is 18.3. The number of azide groups is 1. The summed E-state index contributed by atoms with van der Waals surface area (Å²) in [4.78, 5) is 57.3. The minimum Gasteiger partial charge on any atom is -0.463 e. The van der Waals surface area contributed by atoms with Crippen LogP contribution < -0.4 is 5.32 Å². The SMILES string of the molecule is C#CCC(CC(=O)OCCOCCN=[N+]=[N-])CC(=O)C1=C(C)CSC2C(NC(=O)CCC(C)C3CCC4C5CCC6CC(O)CCC6(C)C5CCC34C)C(=O)N12. The van der Waals surface area contributed by atoms with Crippen molar-refractivity contribution in [1.29, 1.82) is 0 Å². The minimum absolute atomic E-state index is 0.00294. The van der Waals surface area contributed by atoms with Crippen LogP contribution in [0, 0.1) is 64.6 Å². The van der Waals surface area contributed by atoms with Crippen LogP contribution in [0.2, 0.25) is 0 Å². The highest BCUT2D eigenvalue weighted by molar-refractivity contribution is 8.00. The maximum absolute atomic E-state index is 13.7. The zero-order valence-corrected chi connectivity index (χ0v) is 34.7. The standard InChI is InChI=1S/C43H63N5O7S/c1-6-7-28(23-37(52)55-21-20-54-19-18-45-47-44)22-35(50)39-27(3)25-56-41-38(40(53)48(39)41)46-36(51)13-8-26(2)32-11-12-33-31-10-9-29-24-30(49)14-16-42(29,4)34(31)15-17-43(32,33)5/h1,26,28-34,38,41,49H,7-25H2,2-5H3,(H,46,51). The van der Waals surface area contributed by atoms with Gasteiger partial charge in [-0.05, 0) is 134 Å². The second kappa shape index (κ2) is 18.3. The average molecular weight is 794 g/mol. The van der Waals surface area contributed by atoms with Gasteiger partial charge in [0.05, 0.1) is 25.0 Å². The normalized spacial score (nSPS) is 35.6. The summed E-state index contributed by atoms with van der Waals surface area (Å²) in [6, 6.07) is -0.676. The molecule has 0 spiro atoms. The summed E-state index contributed by atoms with van der Waals surface area (Å²) in [7, 11) is 0. The number of amides is 2. The third-order valence-electron chi connectivity index (χ3n) is 15.2. The monoisotopic (exact) mass is 793 g/mol. The quantitative estimate of drug-likeness (QED) is 0.0303.